The number of ether oxygens (including phenoxy) is 2. The van der Waals surface area contributed by atoms with Crippen LogP contribution in [0.25, 0.3) is 0 Å². The molecular weight excluding hydrogens is 541 g/mol. The lowest BCUT2D eigenvalue weighted by molar-refractivity contribution is -0.142. The van der Waals surface area contributed by atoms with Crippen molar-refractivity contribution in [3.8, 4) is 23.7 Å². The van der Waals surface area contributed by atoms with E-state index < -0.39 is 50.0 Å². The monoisotopic (exact) mass is 562 g/mol. The zero-order valence-corrected chi connectivity index (χ0v) is 21.6. The third-order valence-corrected chi connectivity index (χ3v) is 7.32. The maximum absolute atomic E-state index is 13.6. The maximum Gasteiger partial charge on any atom is 0.435 e. The number of hydrogen-bond donors (Lipinski definition) is 1. The summed E-state index contributed by atoms with van der Waals surface area (Å²) < 4.78 is 75.4. The molecular formula is C24H21F3N6O5S. The van der Waals surface area contributed by atoms with E-state index in [1.54, 1.807) is 0 Å². The Morgan fingerprint density at radius 2 is 1.90 bits per heavy atom. The Kier molecular flexibility index (Phi) is 7.17. The number of rotatable bonds is 7. The molecule has 204 valence electrons. The van der Waals surface area contributed by atoms with Crippen LogP contribution in [0, 0.1) is 18.3 Å². The summed E-state index contributed by atoms with van der Waals surface area (Å²) in [5, 5.41) is 18.6. The van der Waals surface area contributed by atoms with Crippen LogP contribution in [0.4, 0.5) is 18.9 Å². The van der Waals surface area contributed by atoms with Gasteiger partial charge in [0.05, 0.1) is 30.0 Å². The summed E-state index contributed by atoms with van der Waals surface area (Å²) in [7, 11) is -2.37. The molecule has 1 fully saturated rings. The van der Waals surface area contributed by atoms with Crippen LogP contribution in [0.1, 0.15) is 46.6 Å². The number of anilines is 1. The van der Waals surface area contributed by atoms with Gasteiger partial charge in [0.15, 0.2) is 15.5 Å². The molecule has 1 aliphatic carbocycles. The highest BCUT2D eigenvalue weighted by Gasteiger charge is 2.42. The Morgan fingerprint density at radius 1 is 1.18 bits per heavy atom. The third-order valence-electron chi connectivity index (χ3n) is 6.21. The van der Waals surface area contributed by atoms with Gasteiger partial charge < -0.3 is 14.8 Å². The van der Waals surface area contributed by atoms with Crippen molar-refractivity contribution in [1.29, 1.82) is 5.26 Å². The smallest absolute Gasteiger partial charge is 0.435 e. The van der Waals surface area contributed by atoms with Gasteiger partial charge in [0, 0.05) is 11.9 Å². The highest BCUT2D eigenvalue weighted by atomic mass is 32.2. The first-order valence-electron chi connectivity index (χ1n) is 11.4. The van der Waals surface area contributed by atoms with Gasteiger partial charge in [0.25, 0.3) is 23.5 Å². The van der Waals surface area contributed by atoms with Crippen molar-refractivity contribution in [2.45, 2.75) is 42.7 Å². The van der Waals surface area contributed by atoms with Gasteiger partial charge in [-0.05, 0) is 49.9 Å². The number of nitrogens with zero attached hydrogens (tertiary/aromatic N) is 5. The first kappa shape index (κ1) is 27.7. The molecule has 0 aliphatic heterocycles. The Bertz CT molecular complexity index is 1600. The lowest BCUT2D eigenvalue weighted by Gasteiger charge is -2.34. The zero-order chi connectivity index (χ0) is 28.6. The SMILES string of the molecule is COc1nc(C2(C#N)CCC2)cnc1Oc1nnc(C(F)(F)F)c(C)c1C(=O)Nc1cccc(S(C)(=O)=O)c1. The largest absolute Gasteiger partial charge is 0.477 e. The van der Waals surface area contributed by atoms with Gasteiger partial charge in [-0.2, -0.15) is 18.4 Å². The summed E-state index contributed by atoms with van der Waals surface area (Å²) >= 11 is 0. The van der Waals surface area contributed by atoms with E-state index in [0.29, 0.717) is 18.5 Å². The number of methoxy groups -OCH3 is 1. The number of alkyl halides is 3. The van der Waals surface area contributed by atoms with Crippen molar-refractivity contribution in [3.05, 3.63) is 53.0 Å². The Morgan fingerprint density at radius 3 is 2.46 bits per heavy atom. The number of hydrogen-bond acceptors (Lipinski definition) is 10. The summed E-state index contributed by atoms with van der Waals surface area (Å²) in [6.07, 6.45) is -0.682. The van der Waals surface area contributed by atoms with E-state index in [9.17, 15) is 31.6 Å². The molecule has 2 aromatic heterocycles. The lowest BCUT2D eigenvalue weighted by Crippen LogP contribution is -2.33. The highest BCUT2D eigenvalue weighted by Crippen LogP contribution is 2.43. The van der Waals surface area contributed by atoms with Crippen LogP contribution < -0.4 is 14.8 Å². The normalized spacial score (nSPS) is 14.6. The fourth-order valence-electron chi connectivity index (χ4n) is 3.95. The average molecular weight is 563 g/mol. The van der Waals surface area contributed by atoms with Gasteiger partial charge in [-0.15, -0.1) is 10.2 Å². The van der Waals surface area contributed by atoms with Gasteiger partial charge in [-0.1, -0.05) is 6.07 Å². The molecule has 2 heterocycles. The van der Waals surface area contributed by atoms with Crippen molar-refractivity contribution in [2.75, 3.05) is 18.7 Å². The summed E-state index contributed by atoms with van der Waals surface area (Å²) in [6, 6.07) is 7.40. The molecule has 0 saturated heterocycles. The number of sulfone groups is 1. The first-order chi connectivity index (χ1) is 18.3. The lowest BCUT2D eigenvalue weighted by atomic mass is 9.68. The Labute approximate surface area is 220 Å². The van der Waals surface area contributed by atoms with Crippen molar-refractivity contribution in [1.82, 2.24) is 20.2 Å². The number of carbonyl (C=O) groups is 1. The molecule has 1 N–H and O–H groups in total. The van der Waals surface area contributed by atoms with E-state index >= 15 is 0 Å². The van der Waals surface area contributed by atoms with E-state index in [2.05, 4.69) is 31.6 Å². The quantitative estimate of drug-likeness (QED) is 0.446. The van der Waals surface area contributed by atoms with E-state index in [1.807, 2.05) is 0 Å². The number of benzene rings is 1. The van der Waals surface area contributed by atoms with Crippen LogP contribution in [0.2, 0.25) is 0 Å². The predicted octanol–water partition coefficient (Wildman–Crippen LogP) is 4.00. The van der Waals surface area contributed by atoms with Crippen molar-refractivity contribution in [3.63, 3.8) is 0 Å². The van der Waals surface area contributed by atoms with Crippen LogP contribution in [-0.4, -0.2) is 47.9 Å². The van der Waals surface area contributed by atoms with Crippen molar-refractivity contribution < 1.29 is 35.9 Å². The van der Waals surface area contributed by atoms with Crippen molar-refractivity contribution in [2.24, 2.45) is 0 Å². The molecule has 0 atom stereocenters. The molecule has 0 radical (unpaired) electrons. The highest BCUT2D eigenvalue weighted by molar-refractivity contribution is 7.90. The maximum atomic E-state index is 13.6. The van der Waals surface area contributed by atoms with Gasteiger partial charge in [-0.25, -0.2) is 18.4 Å². The number of nitriles is 1. The number of nitrogens with one attached hydrogen (secondary N) is 1. The van der Waals surface area contributed by atoms with Gasteiger partial charge in [0.1, 0.15) is 11.0 Å². The van der Waals surface area contributed by atoms with Crippen LogP contribution in [0.15, 0.2) is 35.4 Å². The molecule has 4 rings (SSSR count). The number of carbonyl (C=O) groups excluding carboxylic acids is 1. The third kappa shape index (κ3) is 5.46. The van der Waals surface area contributed by atoms with Crippen LogP contribution in [-0.2, 0) is 21.4 Å². The first-order valence-corrected chi connectivity index (χ1v) is 13.2. The predicted molar refractivity (Wildman–Crippen MR) is 129 cm³/mol. The molecule has 1 saturated carbocycles. The summed E-state index contributed by atoms with van der Waals surface area (Å²) in [5.41, 5.74) is -3.11. The molecule has 3 aromatic rings. The van der Waals surface area contributed by atoms with E-state index in [4.69, 9.17) is 9.47 Å². The molecule has 0 spiro atoms. The molecule has 39 heavy (non-hydrogen) atoms. The topological polar surface area (TPSA) is 157 Å². The molecule has 0 unspecified atom stereocenters. The second-order valence-electron chi connectivity index (χ2n) is 8.82. The zero-order valence-electron chi connectivity index (χ0n) is 20.8. The molecule has 1 amide bonds. The molecule has 1 aromatic carbocycles. The number of halogens is 3. The second-order valence-corrected chi connectivity index (χ2v) is 10.8. The van der Waals surface area contributed by atoms with Crippen LogP contribution in [0.3, 0.4) is 0 Å². The summed E-state index contributed by atoms with van der Waals surface area (Å²) in [6.45, 7) is 1.02. The minimum atomic E-state index is -4.94. The fourth-order valence-corrected chi connectivity index (χ4v) is 4.61. The summed E-state index contributed by atoms with van der Waals surface area (Å²) in [4.78, 5) is 21.5. The molecule has 15 heteroatoms. The molecule has 1 aliphatic rings. The minimum Gasteiger partial charge on any atom is -0.477 e. The molecule has 11 nitrogen and oxygen atoms in total. The van der Waals surface area contributed by atoms with Gasteiger partial charge in [-0.3, -0.25) is 4.79 Å². The number of amides is 1. The Hall–Kier alpha value is -4.32. The Balaban J connectivity index is 1.76. The summed E-state index contributed by atoms with van der Waals surface area (Å²) in [5.74, 6) is -2.21. The minimum absolute atomic E-state index is 0.00247. The second kappa shape index (κ2) is 10.1. The standard InChI is InChI=1S/C24H21F3N6O5S/c1-13-17(19(34)30-14-6-4-7-15(10-14)39(3,35)36)20(33-32-18(13)24(25,26)27)38-21-22(37-2)31-16(11-29-21)23(12-28)8-5-9-23/h4,6-7,10-11H,5,8-9H2,1-3H3,(H,30,34). The average Bonchev–Trinajstić information content (AvgIpc) is 2.83. The van der Waals surface area contributed by atoms with Gasteiger partial charge >= 0.3 is 6.18 Å². The van der Waals surface area contributed by atoms with E-state index in [-0.39, 0.29) is 22.3 Å². The van der Waals surface area contributed by atoms with Crippen LogP contribution >= 0.6 is 0 Å². The number of aromatic nitrogens is 4. The fraction of sp³-hybridized carbons (Fsp3) is 0.333. The van der Waals surface area contributed by atoms with Gasteiger partial charge in [0.2, 0.25) is 0 Å². The molecule has 0 bridgehead atoms. The van der Waals surface area contributed by atoms with E-state index in [1.165, 1.54) is 31.5 Å². The van der Waals surface area contributed by atoms with E-state index in [0.717, 1.165) is 25.7 Å². The van der Waals surface area contributed by atoms with Crippen LogP contribution in [0.5, 0.6) is 17.6 Å². The van der Waals surface area contributed by atoms with Crippen molar-refractivity contribution >= 4 is 21.4 Å².